The van der Waals surface area contributed by atoms with Crippen molar-refractivity contribution in [3.8, 4) is 0 Å². The van der Waals surface area contributed by atoms with Gasteiger partial charge in [-0.05, 0) is 6.42 Å². The molecule has 13 nitrogen and oxygen atoms in total. The molecule has 1 heterocycles. The summed E-state index contributed by atoms with van der Waals surface area (Å²) in [6, 6.07) is 0.129. The number of nitrogens with one attached hydrogen (secondary N) is 2. The van der Waals surface area contributed by atoms with Crippen LogP contribution in [0, 0.1) is 10.1 Å². The Morgan fingerprint density at radius 1 is 1.35 bits per heavy atom. The minimum Gasteiger partial charge on any atom is -0.480 e. The molecule has 0 aliphatic rings. The number of aromatic carboxylic acids is 1. The van der Waals surface area contributed by atoms with Gasteiger partial charge in [0.15, 0.2) is 0 Å². The largest absolute Gasteiger partial charge is 0.480 e. The molecule has 1 rings (SSSR count). The Labute approximate surface area is 127 Å². The van der Waals surface area contributed by atoms with Gasteiger partial charge in [-0.3, -0.25) is 14.6 Å². The van der Waals surface area contributed by atoms with Crippen molar-refractivity contribution in [1.29, 1.82) is 0 Å². The molecule has 1 aromatic heterocycles. The molecular weight excluding hydrogens is 320 g/mol. The summed E-state index contributed by atoms with van der Waals surface area (Å²) in [7, 11) is 0. The second kappa shape index (κ2) is 11.4. The highest BCUT2D eigenvalue weighted by atomic mass is 16.9. The third kappa shape index (κ3) is 13.5. The van der Waals surface area contributed by atoms with E-state index in [1.165, 1.54) is 0 Å². The standard InChI is InChI=1S/C5H4N2O4.C5H11NO2.HNO3/c8-3-1-2(4(9)10)6-5(11)7-3;1-2-3-4(6)5(7)8;2-1(3)4/h1H,(H,9,10)(H2,6,7,8,11);4H,2-3,6H2,1H3,(H,7,8);(H,2,3,4)/t;4-;/m.0./s1. The van der Waals surface area contributed by atoms with Crippen LogP contribution in [0.5, 0.6) is 0 Å². The molecule has 0 radical (unpaired) electrons. The summed E-state index contributed by atoms with van der Waals surface area (Å²) >= 11 is 0. The van der Waals surface area contributed by atoms with Crippen molar-refractivity contribution in [2.75, 3.05) is 0 Å². The SMILES string of the molecule is CCC[C@H](N)C(=O)O.O=C(O)c1cc(=O)[nH]c(=O)[nH]1.O=[N+]([O-])O. The minimum atomic E-state index is -1.50. The Bertz CT molecular complexity index is 603. The second-order valence-corrected chi connectivity index (χ2v) is 3.78. The van der Waals surface area contributed by atoms with Crippen LogP contribution >= 0.6 is 0 Å². The molecule has 0 aliphatic heterocycles. The molecule has 1 aromatic rings. The zero-order chi connectivity index (χ0) is 18.6. The Balaban J connectivity index is 0. The van der Waals surface area contributed by atoms with E-state index in [0.717, 1.165) is 12.5 Å². The lowest BCUT2D eigenvalue weighted by Crippen LogP contribution is -2.29. The zero-order valence-corrected chi connectivity index (χ0v) is 11.9. The van der Waals surface area contributed by atoms with Crippen molar-refractivity contribution in [3.05, 3.63) is 42.7 Å². The number of nitrogens with zero attached hydrogens (tertiary/aromatic N) is 1. The van der Waals surface area contributed by atoms with E-state index >= 15 is 0 Å². The topological polar surface area (TPSA) is 230 Å². The number of carboxylic acid groups (broad SMARTS) is 2. The van der Waals surface area contributed by atoms with E-state index in [2.05, 4.69) is 0 Å². The number of rotatable bonds is 4. The van der Waals surface area contributed by atoms with E-state index in [-0.39, 0.29) is 0 Å². The third-order valence-electron chi connectivity index (χ3n) is 1.91. The maximum atomic E-state index is 10.5. The molecule has 0 unspecified atom stereocenters. The van der Waals surface area contributed by atoms with E-state index in [1.807, 2.05) is 16.9 Å². The summed E-state index contributed by atoms with van der Waals surface area (Å²) in [5, 5.41) is 30.1. The Kier molecular flexibility index (Phi) is 11.0. The molecule has 0 fully saturated rings. The molecule has 13 heteroatoms. The monoisotopic (exact) mass is 336 g/mol. The fraction of sp³-hybridized carbons (Fsp3) is 0.400. The highest BCUT2D eigenvalue weighted by Crippen LogP contribution is 1.91. The van der Waals surface area contributed by atoms with E-state index in [1.54, 1.807) is 0 Å². The molecule has 0 aromatic carbocycles. The van der Waals surface area contributed by atoms with Gasteiger partial charge < -0.3 is 26.1 Å². The number of aromatic amines is 2. The normalized spacial score (nSPS) is 10.2. The summed E-state index contributed by atoms with van der Waals surface area (Å²) in [5.41, 5.74) is 3.16. The van der Waals surface area contributed by atoms with Crippen molar-refractivity contribution in [2.45, 2.75) is 25.8 Å². The van der Waals surface area contributed by atoms with Crippen LogP contribution in [0.4, 0.5) is 0 Å². The van der Waals surface area contributed by atoms with Gasteiger partial charge in [-0.15, -0.1) is 10.1 Å². The minimum absolute atomic E-state index is 0.418. The highest BCUT2D eigenvalue weighted by molar-refractivity contribution is 5.84. The molecule has 23 heavy (non-hydrogen) atoms. The van der Waals surface area contributed by atoms with Crippen LogP contribution < -0.4 is 17.0 Å². The van der Waals surface area contributed by atoms with Crippen LogP contribution in [0.1, 0.15) is 30.3 Å². The molecule has 0 amide bonds. The molecule has 7 N–H and O–H groups in total. The van der Waals surface area contributed by atoms with E-state index in [9.17, 15) is 19.2 Å². The smallest absolute Gasteiger partial charge is 0.352 e. The number of hydrogen-bond acceptors (Lipinski definition) is 7. The second-order valence-electron chi connectivity index (χ2n) is 3.78. The summed E-state index contributed by atoms with van der Waals surface area (Å²) in [4.78, 5) is 53.2. The van der Waals surface area contributed by atoms with Gasteiger partial charge in [0.05, 0.1) is 0 Å². The average molecular weight is 336 g/mol. The predicted molar refractivity (Wildman–Crippen MR) is 73.9 cm³/mol. The van der Waals surface area contributed by atoms with Gasteiger partial charge in [0.2, 0.25) is 0 Å². The van der Waals surface area contributed by atoms with Crippen molar-refractivity contribution < 1.29 is 30.1 Å². The van der Waals surface area contributed by atoms with Gasteiger partial charge in [0.1, 0.15) is 11.7 Å². The molecule has 0 saturated heterocycles. The van der Waals surface area contributed by atoms with Crippen LogP contribution in [0.15, 0.2) is 15.7 Å². The number of nitrogens with two attached hydrogens (primary N) is 1. The van der Waals surface area contributed by atoms with Crippen LogP contribution in [0.3, 0.4) is 0 Å². The van der Waals surface area contributed by atoms with Crippen LogP contribution in [0.2, 0.25) is 0 Å². The number of carbonyl (C=O) groups is 2. The Hall–Kier alpha value is -3.22. The summed E-state index contributed by atoms with van der Waals surface area (Å²) in [6.07, 6.45) is 1.39. The van der Waals surface area contributed by atoms with Crippen molar-refractivity contribution in [1.82, 2.24) is 9.97 Å². The molecular formula is C10H16N4O9. The van der Waals surface area contributed by atoms with Crippen LogP contribution in [-0.4, -0.2) is 48.5 Å². The lowest BCUT2D eigenvalue weighted by atomic mass is 10.2. The van der Waals surface area contributed by atoms with Gasteiger partial charge in [0, 0.05) is 6.07 Å². The van der Waals surface area contributed by atoms with E-state index < -0.39 is 40.0 Å². The number of aliphatic carboxylic acids is 1. The number of carboxylic acids is 2. The number of aromatic nitrogens is 2. The first-order valence-electron chi connectivity index (χ1n) is 5.89. The maximum absolute atomic E-state index is 10.5. The zero-order valence-electron chi connectivity index (χ0n) is 11.9. The molecule has 130 valence electrons. The van der Waals surface area contributed by atoms with E-state index in [4.69, 9.17) is 31.3 Å². The summed E-state index contributed by atoms with van der Waals surface area (Å²) < 4.78 is 0. The van der Waals surface area contributed by atoms with Gasteiger partial charge >= 0.3 is 17.6 Å². The van der Waals surface area contributed by atoms with Gasteiger partial charge in [0.25, 0.3) is 10.6 Å². The maximum Gasteiger partial charge on any atom is 0.352 e. The first-order chi connectivity index (χ1) is 10.5. The molecule has 0 spiro atoms. The lowest BCUT2D eigenvalue weighted by Gasteiger charge is -2.00. The highest BCUT2D eigenvalue weighted by Gasteiger charge is 2.07. The van der Waals surface area contributed by atoms with Crippen LogP contribution in [-0.2, 0) is 4.79 Å². The van der Waals surface area contributed by atoms with Crippen LogP contribution in [0.25, 0.3) is 0 Å². The van der Waals surface area contributed by atoms with Gasteiger partial charge in [-0.25, -0.2) is 9.59 Å². The summed E-state index contributed by atoms with van der Waals surface area (Å²) in [6.45, 7) is 1.91. The van der Waals surface area contributed by atoms with Gasteiger partial charge in [-0.1, -0.05) is 13.3 Å². The van der Waals surface area contributed by atoms with Gasteiger partial charge in [-0.2, -0.15) is 0 Å². The quantitative estimate of drug-likeness (QED) is 0.278. The summed E-state index contributed by atoms with van der Waals surface area (Å²) in [5.74, 6) is -2.25. The molecule has 0 saturated carbocycles. The fourth-order valence-electron chi connectivity index (χ4n) is 1.02. The number of hydrogen-bond donors (Lipinski definition) is 6. The van der Waals surface area contributed by atoms with Crippen molar-refractivity contribution in [3.63, 3.8) is 0 Å². The first-order valence-corrected chi connectivity index (χ1v) is 5.89. The lowest BCUT2D eigenvalue weighted by molar-refractivity contribution is -0.742. The number of H-pyrrole nitrogens is 2. The van der Waals surface area contributed by atoms with Crippen molar-refractivity contribution >= 4 is 11.9 Å². The fourth-order valence-corrected chi connectivity index (χ4v) is 1.02. The molecule has 1 atom stereocenters. The molecule has 0 bridgehead atoms. The Morgan fingerprint density at radius 3 is 2.09 bits per heavy atom. The Morgan fingerprint density at radius 2 is 1.83 bits per heavy atom. The first kappa shape index (κ1) is 22.1. The van der Waals surface area contributed by atoms with Crippen molar-refractivity contribution in [2.24, 2.45) is 5.73 Å². The third-order valence-corrected chi connectivity index (χ3v) is 1.91. The average Bonchev–Trinajstić information content (AvgIpc) is 2.37. The van der Waals surface area contributed by atoms with E-state index in [0.29, 0.717) is 6.42 Å². The predicted octanol–water partition coefficient (Wildman–Crippen LogP) is -1.39. The molecule has 0 aliphatic carbocycles.